The summed E-state index contributed by atoms with van der Waals surface area (Å²) < 4.78 is 11.1. The van der Waals surface area contributed by atoms with Crippen LogP contribution in [0.5, 0.6) is 5.75 Å². The summed E-state index contributed by atoms with van der Waals surface area (Å²) in [6.07, 6.45) is 3.40. The molecule has 0 radical (unpaired) electrons. The van der Waals surface area contributed by atoms with E-state index < -0.39 is 0 Å². The van der Waals surface area contributed by atoms with E-state index >= 15 is 0 Å². The maximum absolute atomic E-state index is 12.4. The van der Waals surface area contributed by atoms with Gasteiger partial charge in [0.2, 0.25) is 5.89 Å². The molecule has 0 saturated heterocycles. The van der Waals surface area contributed by atoms with Crippen molar-refractivity contribution < 1.29 is 9.15 Å². The number of nitrogens with zero attached hydrogens (tertiary/aromatic N) is 2. The van der Waals surface area contributed by atoms with Crippen LogP contribution in [0.1, 0.15) is 5.56 Å². The van der Waals surface area contributed by atoms with Crippen LogP contribution in [0, 0.1) is 0 Å². The lowest BCUT2D eigenvalue weighted by Gasteiger charge is -2.08. The van der Waals surface area contributed by atoms with Crippen LogP contribution < -0.4 is 15.6 Å². The van der Waals surface area contributed by atoms with Crippen LogP contribution in [0.15, 0.2) is 76.2 Å². The van der Waals surface area contributed by atoms with Crippen LogP contribution in [-0.2, 0) is 6.54 Å². The summed E-state index contributed by atoms with van der Waals surface area (Å²) in [5.41, 5.74) is 4.44. The van der Waals surface area contributed by atoms with E-state index in [0.717, 1.165) is 33.4 Å². The average Bonchev–Trinajstić information content (AvgIpc) is 3.21. The molecular weight excluding hydrogens is 380 g/mol. The molecule has 3 heterocycles. The summed E-state index contributed by atoms with van der Waals surface area (Å²) in [7, 11) is 1.62. The van der Waals surface area contributed by atoms with Gasteiger partial charge in [-0.25, -0.2) is 4.98 Å². The largest absolute Gasteiger partial charge is 0.497 e. The highest BCUT2D eigenvalue weighted by Gasteiger charge is 2.09. The highest BCUT2D eigenvalue weighted by atomic mass is 16.5. The zero-order valence-corrected chi connectivity index (χ0v) is 16.2. The highest BCUT2D eigenvalue weighted by molar-refractivity contribution is 5.81. The number of benzene rings is 2. The number of aromatic nitrogens is 3. The van der Waals surface area contributed by atoms with Crippen molar-refractivity contribution in [1.29, 1.82) is 0 Å². The van der Waals surface area contributed by atoms with Gasteiger partial charge in [-0.05, 0) is 54.6 Å². The number of rotatable bonds is 5. The second-order valence-corrected chi connectivity index (χ2v) is 6.87. The predicted octanol–water partition coefficient (Wildman–Crippen LogP) is 4.35. The summed E-state index contributed by atoms with van der Waals surface area (Å²) >= 11 is 0. The maximum Gasteiger partial charge on any atom is 0.253 e. The Hall–Kier alpha value is -4.13. The third-order valence-electron chi connectivity index (χ3n) is 4.93. The number of oxazole rings is 1. The average molecular weight is 398 g/mol. The first-order valence-electron chi connectivity index (χ1n) is 9.44. The number of pyridine rings is 2. The van der Waals surface area contributed by atoms with Gasteiger partial charge in [0.1, 0.15) is 11.3 Å². The van der Waals surface area contributed by atoms with E-state index in [1.54, 1.807) is 19.5 Å². The smallest absolute Gasteiger partial charge is 0.253 e. The van der Waals surface area contributed by atoms with Crippen LogP contribution in [0.25, 0.3) is 33.5 Å². The summed E-state index contributed by atoms with van der Waals surface area (Å²) in [4.78, 5) is 23.9. The van der Waals surface area contributed by atoms with E-state index in [-0.39, 0.29) is 5.56 Å². The van der Waals surface area contributed by atoms with E-state index in [0.29, 0.717) is 23.6 Å². The van der Waals surface area contributed by atoms with Gasteiger partial charge in [-0.1, -0.05) is 0 Å². The van der Waals surface area contributed by atoms with Gasteiger partial charge >= 0.3 is 0 Å². The number of H-pyrrole nitrogens is 1. The SMILES string of the molecule is COc1ccc2[nH]c(=O)c(CNc3ccc4oc(-c5ccncc5)nc4c3)cc2c1. The van der Waals surface area contributed by atoms with E-state index in [4.69, 9.17) is 9.15 Å². The molecule has 0 atom stereocenters. The van der Waals surface area contributed by atoms with Gasteiger partial charge in [0.15, 0.2) is 5.58 Å². The molecule has 0 aliphatic rings. The molecule has 3 aromatic heterocycles. The summed E-state index contributed by atoms with van der Waals surface area (Å²) in [5.74, 6) is 1.29. The number of aromatic amines is 1. The van der Waals surface area contributed by atoms with Gasteiger partial charge in [-0.2, -0.15) is 0 Å². The second kappa shape index (κ2) is 7.36. The molecule has 2 N–H and O–H groups in total. The molecular formula is C23H18N4O3. The van der Waals surface area contributed by atoms with Crippen LogP contribution in [0.3, 0.4) is 0 Å². The first-order valence-corrected chi connectivity index (χ1v) is 9.44. The van der Waals surface area contributed by atoms with E-state index in [1.807, 2.05) is 54.6 Å². The van der Waals surface area contributed by atoms with Crippen LogP contribution >= 0.6 is 0 Å². The quantitative estimate of drug-likeness (QED) is 0.457. The fraction of sp³-hybridized carbons (Fsp3) is 0.0870. The molecule has 30 heavy (non-hydrogen) atoms. The van der Waals surface area contributed by atoms with Gasteiger partial charge in [0.05, 0.1) is 7.11 Å². The Kier molecular flexibility index (Phi) is 4.40. The molecule has 0 unspecified atom stereocenters. The molecule has 0 amide bonds. The van der Waals surface area contributed by atoms with Gasteiger partial charge in [-0.15, -0.1) is 0 Å². The number of hydrogen-bond acceptors (Lipinski definition) is 6. The zero-order valence-electron chi connectivity index (χ0n) is 16.2. The Morgan fingerprint density at radius 3 is 2.77 bits per heavy atom. The number of methoxy groups -OCH3 is 1. The summed E-state index contributed by atoms with van der Waals surface area (Å²) in [5, 5.41) is 4.21. The number of fused-ring (bicyclic) bond motifs is 2. The Morgan fingerprint density at radius 1 is 1.07 bits per heavy atom. The van der Waals surface area contributed by atoms with E-state index in [9.17, 15) is 4.79 Å². The number of ether oxygens (including phenoxy) is 1. The minimum Gasteiger partial charge on any atom is -0.497 e. The third kappa shape index (κ3) is 3.37. The molecule has 7 nitrogen and oxygen atoms in total. The van der Waals surface area contributed by atoms with Gasteiger partial charge in [0.25, 0.3) is 5.56 Å². The molecule has 0 aliphatic heterocycles. The van der Waals surface area contributed by atoms with Crippen LogP contribution in [0.2, 0.25) is 0 Å². The molecule has 5 rings (SSSR count). The lowest BCUT2D eigenvalue weighted by Crippen LogP contribution is -2.15. The normalized spacial score (nSPS) is 11.1. The monoisotopic (exact) mass is 398 g/mol. The standard InChI is InChI=1S/C23H18N4O3/c1-29-18-3-4-19-15(11-18)10-16(22(28)26-19)13-25-17-2-5-21-20(12-17)27-23(30-21)14-6-8-24-9-7-14/h2-12,25H,13H2,1H3,(H,26,28). The van der Waals surface area contributed by atoms with Gasteiger partial charge in [0, 0.05) is 46.7 Å². The first-order chi connectivity index (χ1) is 14.7. The lowest BCUT2D eigenvalue weighted by atomic mass is 10.1. The van der Waals surface area contributed by atoms with Crippen molar-refractivity contribution in [1.82, 2.24) is 15.0 Å². The maximum atomic E-state index is 12.4. The minimum atomic E-state index is -0.123. The molecule has 148 valence electrons. The van der Waals surface area contributed by atoms with Crippen molar-refractivity contribution in [2.45, 2.75) is 6.54 Å². The zero-order chi connectivity index (χ0) is 20.5. The molecule has 7 heteroatoms. The Bertz CT molecular complexity index is 1410. The number of anilines is 1. The fourth-order valence-corrected chi connectivity index (χ4v) is 3.34. The molecule has 0 aliphatic carbocycles. The Balaban J connectivity index is 1.40. The highest BCUT2D eigenvalue weighted by Crippen LogP contribution is 2.26. The van der Waals surface area contributed by atoms with Gasteiger partial charge in [-0.3, -0.25) is 9.78 Å². The van der Waals surface area contributed by atoms with E-state index in [1.165, 1.54) is 0 Å². The van der Waals surface area contributed by atoms with Crippen LogP contribution in [0.4, 0.5) is 5.69 Å². The minimum absolute atomic E-state index is 0.123. The molecule has 0 spiro atoms. The number of nitrogens with one attached hydrogen (secondary N) is 2. The molecule has 0 bridgehead atoms. The number of hydrogen-bond donors (Lipinski definition) is 2. The molecule has 0 fully saturated rings. The van der Waals surface area contributed by atoms with Crippen molar-refractivity contribution >= 4 is 27.7 Å². The predicted molar refractivity (Wildman–Crippen MR) is 116 cm³/mol. The Morgan fingerprint density at radius 2 is 1.93 bits per heavy atom. The topological polar surface area (TPSA) is 93.0 Å². The Labute approximate surface area is 171 Å². The van der Waals surface area contributed by atoms with Crippen LogP contribution in [-0.4, -0.2) is 22.1 Å². The summed E-state index contributed by atoms with van der Waals surface area (Å²) in [6, 6.07) is 16.8. The van der Waals surface area contributed by atoms with Crippen molar-refractivity contribution in [2.24, 2.45) is 0 Å². The summed E-state index contributed by atoms with van der Waals surface area (Å²) in [6.45, 7) is 0.378. The van der Waals surface area contributed by atoms with Crippen molar-refractivity contribution in [3.8, 4) is 17.2 Å². The third-order valence-corrected chi connectivity index (χ3v) is 4.93. The van der Waals surface area contributed by atoms with Gasteiger partial charge < -0.3 is 19.5 Å². The van der Waals surface area contributed by atoms with Crippen molar-refractivity contribution in [3.05, 3.63) is 82.9 Å². The van der Waals surface area contributed by atoms with Crippen molar-refractivity contribution in [2.75, 3.05) is 12.4 Å². The first kappa shape index (κ1) is 17.9. The molecule has 2 aromatic carbocycles. The lowest BCUT2D eigenvalue weighted by molar-refractivity contribution is 0.415. The van der Waals surface area contributed by atoms with Crippen molar-refractivity contribution in [3.63, 3.8) is 0 Å². The molecule has 5 aromatic rings. The van der Waals surface area contributed by atoms with E-state index in [2.05, 4.69) is 20.3 Å². The second-order valence-electron chi connectivity index (χ2n) is 6.87. The molecule has 0 saturated carbocycles. The fourth-order valence-electron chi connectivity index (χ4n) is 3.34.